The molecule has 1 N–H and O–H groups in total. The van der Waals surface area contributed by atoms with Gasteiger partial charge in [0.15, 0.2) is 0 Å². The molecule has 0 aliphatic heterocycles. The van der Waals surface area contributed by atoms with E-state index in [1.54, 1.807) is 37.3 Å². The van der Waals surface area contributed by atoms with E-state index in [1.807, 2.05) is 71.0 Å². The van der Waals surface area contributed by atoms with Crippen LogP contribution < -0.4 is 9.62 Å². The zero-order valence-corrected chi connectivity index (χ0v) is 23.8. The molecule has 3 aromatic carbocycles. The Morgan fingerprint density at radius 3 is 1.97 bits per heavy atom. The first kappa shape index (κ1) is 28.9. The Bertz CT molecular complexity index is 1380. The molecule has 0 radical (unpaired) electrons. The molecule has 2 amide bonds. The highest BCUT2D eigenvalue weighted by Crippen LogP contribution is 2.28. The number of rotatable bonds is 10. The Morgan fingerprint density at radius 1 is 0.842 bits per heavy atom. The molecule has 0 aliphatic rings. The lowest BCUT2D eigenvalue weighted by Crippen LogP contribution is -2.51. The van der Waals surface area contributed by atoms with Crippen LogP contribution in [0.4, 0.5) is 5.69 Å². The summed E-state index contributed by atoms with van der Waals surface area (Å²) in [6.07, 6.45) is 0. The number of sulfonamides is 1. The smallest absolute Gasteiger partial charge is 0.264 e. The largest absolute Gasteiger partial charge is 0.355 e. The summed E-state index contributed by atoms with van der Waals surface area (Å²) >= 11 is 0. The maximum Gasteiger partial charge on any atom is 0.264 e. The SMILES string of the molecule is CCNC(=O)C(C)N(Cc1ccc(C)cc1)C(=O)CN(c1cc(C)ccc1C)S(=O)(=O)c1ccc(C)cc1. The molecule has 38 heavy (non-hydrogen) atoms. The average molecular weight is 536 g/mol. The Balaban J connectivity index is 2.07. The molecule has 0 spiro atoms. The molecule has 0 heterocycles. The van der Waals surface area contributed by atoms with Gasteiger partial charge in [0.1, 0.15) is 12.6 Å². The predicted molar refractivity (Wildman–Crippen MR) is 152 cm³/mol. The number of nitrogens with one attached hydrogen (secondary N) is 1. The Labute approximate surface area is 226 Å². The molecule has 3 aromatic rings. The Hall–Kier alpha value is -3.65. The second kappa shape index (κ2) is 12.3. The molecule has 8 heteroatoms. The van der Waals surface area contributed by atoms with Crippen molar-refractivity contribution in [3.63, 3.8) is 0 Å². The molecule has 7 nitrogen and oxygen atoms in total. The summed E-state index contributed by atoms with van der Waals surface area (Å²) in [6, 6.07) is 19.0. The van der Waals surface area contributed by atoms with Gasteiger partial charge in [-0.1, -0.05) is 59.7 Å². The van der Waals surface area contributed by atoms with Gasteiger partial charge in [-0.3, -0.25) is 13.9 Å². The normalized spacial score (nSPS) is 12.1. The zero-order chi connectivity index (χ0) is 28.0. The maximum atomic E-state index is 13.9. The number of nitrogens with zero attached hydrogens (tertiary/aromatic N) is 2. The first-order valence-electron chi connectivity index (χ1n) is 12.7. The van der Waals surface area contributed by atoms with Crippen LogP contribution in [0.25, 0.3) is 0 Å². The van der Waals surface area contributed by atoms with Crippen molar-refractivity contribution in [3.8, 4) is 0 Å². The number of hydrogen-bond donors (Lipinski definition) is 1. The quantitative estimate of drug-likeness (QED) is 0.409. The van der Waals surface area contributed by atoms with Gasteiger partial charge in [-0.15, -0.1) is 0 Å². The van der Waals surface area contributed by atoms with Crippen molar-refractivity contribution in [3.05, 3.63) is 94.5 Å². The lowest BCUT2D eigenvalue weighted by Gasteiger charge is -2.32. The first-order chi connectivity index (χ1) is 17.9. The number of amides is 2. The van der Waals surface area contributed by atoms with Crippen LogP contribution >= 0.6 is 0 Å². The van der Waals surface area contributed by atoms with Crippen molar-refractivity contribution < 1.29 is 18.0 Å². The number of likely N-dealkylation sites (N-methyl/N-ethyl adjacent to an activating group) is 1. The third kappa shape index (κ3) is 6.81. The van der Waals surface area contributed by atoms with Gasteiger partial charge in [0.2, 0.25) is 11.8 Å². The molecule has 0 saturated heterocycles. The summed E-state index contributed by atoms with van der Waals surface area (Å²) in [5, 5.41) is 2.77. The minimum atomic E-state index is -4.09. The van der Waals surface area contributed by atoms with Crippen molar-refractivity contribution in [2.75, 3.05) is 17.4 Å². The van der Waals surface area contributed by atoms with Gasteiger partial charge in [-0.2, -0.15) is 0 Å². The van der Waals surface area contributed by atoms with E-state index in [0.29, 0.717) is 12.2 Å². The molecule has 0 bridgehead atoms. The number of hydrogen-bond acceptors (Lipinski definition) is 4. The number of carbonyl (C=O) groups is 2. The van der Waals surface area contributed by atoms with E-state index in [0.717, 1.165) is 32.1 Å². The third-order valence-electron chi connectivity index (χ3n) is 6.51. The summed E-state index contributed by atoms with van der Waals surface area (Å²) in [5.74, 6) is -0.770. The fourth-order valence-corrected chi connectivity index (χ4v) is 5.60. The van der Waals surface area contributed by atoms with Gasteiger partial charge >= 0.3 is 0 Å². The third-order valence-corrected chi connectivity index (χ3v) is 8.29. The highest BCUT2D eigenvalue weighted by Gasteiger charge is 2.33. The minimum Gasteiger partial charge on any atom is -0.355 e. The molecule has 3 rings (SSSR count). The zero-order valence-electron chi connectivity index (χ0n) is 23.0. The molecule has 0 aliphatic carbocycles. The van der Waals surface area contributed by atoms with Gasteiger partial charge < -0.3 is 10.2 Å². The van der Waals surface area contributed by atoms with E-state index < -0.39 is 28.5 Å². The van der Waals surface area contributed by atoms with Crippen molar-refractivity contribution in [2.24, 2.45) is 0 Å². The van der Waals surface area contributed by atoms with E-state index in [4.69, 9.17) is 0 Å². The average Bonchev–Trinajstić information content (AvgIpc) is 2.88. The molecule has 0 aromatic heterocycles. The first-order valence-corrected chi connectivity index (χ1v) is 14.2. The summed E-state index contributed by atoms with van der Waals surface area (Å²) in [4.78, 5) is 28.3. The van der Waals surface area contributed by atoms with E-state index in [9.17, 15) is 18.0 Å². The van der Waals surface area contributed by atoms with Gasteiger partial charge in [-0.05, 0) is 76.4 Å². The lowest BCUT2D eigenvalue weighted by molar-refractivity contribution is -0.139. The van der Waals surface area contributed by atoms with Crippen LogP contribution in [-0.4, -0.2) is 44.3 Å². The van der Waals surface area contributed by atoms with Gasteiger partial charge in [0.25, 0.3) is 10.0 Å². The molecule has 202 valence electrons. The van der Waals surface area contributed by atoms with E-state index in [1.165, 1.54) is 4.90 Å². The summed E-state index contributed by atoms with van der Waals surface area (Å²) in [7, 11) is -4.09. The topological polar surface area (TPSA) is 86.8 Å². The van der Waals surface area contributed by atoms with Crippen molar-refractivity contribution in [2.45, 2.75) is 59.0 Å². The van der Waals surface area contributed by atoms with Gasteiger partial charge in [0, 0.05) is 13.1 Å². The Kier molecular flexibility index (Phi) is 9.33. The summed E-state index contributed by atoms with van der Waals surface area (Å²) in [6.45, 7) is 11.2. The van der Waals surface area contributed by atoms with Crippen LogP contribution in [0, 0.1) is 27.7 Å². The van der Waals surface area contributed by atoms with Crippen LogP contribution in [0.2, 0.25) is 0 Å². The number of aryl methyl sites for hydroxylation is 4. The van der Waals surface area contributed by atoms with Crippen LogP contribution in [0.5, 0.6) is 0 Å². The standard InChI is InChI=1S/C30H37N3O4S/c1-7-31-30(35)25(6)32(19-26-14-9-21(2)10-15-26)29(34)20-33(28-18-23(4)8-13-24(28)5)38(36,37)27-16-11-22(3)12-17-27/h8-18,25H,7,19-20H2,1-6H3,(H,31,35). The number of benzene rings is 3. The molecule has 0 saturated carbocycles. The molecule has 1 atom stereocenters. The molecular formula is C30H37N3O4S. The maximum absolute atomic E-state index is 13.9. The highest BCUT2D eigenvalue weighted by atomic mass is 32.2. The molecular weight excluding hydrogens is 498 g/mol. The van der Waals surface area contributed by atoms with Crippen LogP contribution in [0.1, 0.15) is 41.7 Å². The Morgan fingerprint density at radius 2 is 1.39 bits per heavy atom. The second-order valence-corrected chi connectivity index (χ2v) is 11.6. The summed E-state index contributed by atoms with van der Waals surface area (Å²) in [5.41, 5.74) is 4.88. The van der Waals surface area contributed by atoms with E-state index >= 15 is 0 Å². The monoisotopic (exact) mass is 535 g/mol. The lowest BCUT2D eigenvalue weighted by atomic mass is 10.1. The molecule has 0 fully saturated rings. The fraction of sp³-hybridized carbons (Fsp3) is 0.333. The molecule has 1 unspecified atom stereocenters. The van der Waals surface area contributed by atoms with Gasteiger partial charge in [-0.25, -0.2) is 8.42 Å². The minimum absolute atomic E-state index is 0.0960. The van der Waals surface area contributed by atoms with Crippen molar-refractivity contribution in [1.29, 1.82) is 0 Å². The summed E-state index contributed by atoms with van der Waals surface area (Å²) < 4.78 is 29.0. The van der Waals surface area contributed by atoms with Crippen molar-refractivity contribution >= 4 is 27.5 Å². The second-order valence-electron chi connectivity index (χ2n) is 9.69. The fourth-order valence-electron chi connectivity index (χ4n) is 4.13. The van der Waals surface area contributed by atoms with E-state index in [2.05, 4.69) is 5.32 Å². The number of carbonyl (C=O) groups excluding carboxylic acids is 2. The van der Waals surface area contributed by atoms with Crippen LogP contribution in [0.15, 0.2) is 71.6 Å². The van der Waals surface area contributed by atoms with Crippen LogP contribution in [0.3, 0.4) is 0 Å². The highest BCUT2D eigenvalue weighted by molar-refractivity contribution is 7.92. The predicted octanol–water partition coefficient (Wildman–Crippen LogP) is 4.67. The van der Waals surface area contributed by atoms with Crippen LogP contribution in [-0.2, 0) is 26.2 Å². The van der Waals surface area contributed by atoms with E-state index in [-0.39, 0.29) is 17.3 Å². The van der Waals surface area contributed by atoms with Crippen molar-refractivity contribution in [1.82, 2.24) is 10.2 Å². The van der Waals surface area contributed by atoms with Gasteiger partial charge in [0.05, 0.1) is 10.6 Å². The number of anilines is 1.